The minimum Gasteiger partial charge on any atom is -0.506 e. The minimum absolute atomic E-state index is 0.00347. The van der Waals surface area contributed by atoms with Gasteiger partial charge in [-0.15, -0.1) is 0 Å². The number of carbonyl (C=O) groups excluding carboxylic acids is 1. The van der Waals surface area contributed by atoms with Crippen LogP contribution >= 0.6 is 0 Å². The molecule has 0 aliphatic carbocycles. The Kier molecular flexibility index (Phi) is 1.53. The van der Waals surface area contributed by atoms with Gasteiger partial charge in [-0.25, -0.2) is 0 Å². The molecule has 0 bridgehead atoms. The zero-order valence-electron chi connectivity index (χ0n) is 5.00. The lowest BCUT2D eigenvalue weighted by molar-refractivity contribution is 0.112. The number of aldehydes is 1. The molecule has 0 fully saturated rings. The Bertz CT molecular complexity index is 302. The molecule has 0 saturated carbocycles. The van der Waals surface area contributed by atoms with Crippen LogP contribution in [0, 0.1) is 0 Å². The molecule has 0 radical (unpaired) electrons. The van der Waals surface area contributed by atoms with Crippen LogP contribution in [0.2, 0.25) is 0 Å². The lowest BCUT2D eigenvalue weighted by atomic mass is 10.3. The van der Waals surface area contributed by atoms with Crippen LogP contribution in [0.4, 0.5) is 0 Å². The van der Waals surface area contributed by atoms with Crippen LogP contribution in [-0.4, -0.2) is 16.4 Å². The molecule has 10 heavy (non-hydrogen) atoms. The van der Waals surface area contributed by atoms with Crippen LogP contribution in [0.15, 0.2) is 17.1 Å². The van der Waals surface area contributed by atoms with Crippen LogP contribution in [-0.2, 0) is 0 Å². The normalized spacial score (nSPS) is 9.20. The Morgan fingerprint density at radius 2 is 2.30 bits per heavy atom. The predicted molar refractivity (Wildman–Crippen MR) is 34.1 cm³/mol. The van der Waals surface area contributed by atoms with E-state index in [-0.39, 0.29) is 11.3 Å². The van der Waals surface area contributed by atoms with Crippen molar-refractivity contribution < 1.29 is 9.90 Å². The van der Waals surface area contributed by atoms with E-state index in [9.17, 15) is 9.59 Å². The first-order valence-corrected chi connectivity index (χ1v) is 2.61. The van der Waals surface area contributed by atoms with Crippen molar-refractivity contribution in [3.8, 4) is 5.75 Å². The number of aromatic amines is 1. The maximum atomic E-state index is 10.5. The van der Waals surface area contributed by atoms with Crippen molar-refractivity contribution in [1.82, 2.24) is 4.98 Å². The van der Waals surface area contributed by atoms with E-state index in [2.05, 4.69) is 4.98 Å². The van der Waals surface area contributed by atoms with Crippen molar-refractivity contribution >= 4 is 6.29 Å². The fraction of sp³-hybridized carbons (Fsp3) is 0. The van der Waals surface area contributed by atoms with Crippen molar-refractivity contribution in [2.45, 2.75) is 0 Å². The number of hydrogen-bond donors (Lipinski definition) is 2. The highest BCUT2D eigenvalue weighted by Crippen LogP contribution is 2.07. The molecular formula is C6H5NO3. The summed E-state index contributed by atoms with van der Waals surface area (Å²) >= 11 is 0. The van der Waals surface area contributed by atoms with E-state index in [4.69, 9.17) is 5.11 Å². The molecule has 1 rings (SSSR count). The molecule has 0 amide bonds. The van der Waals surface area contributed by atoms with Crippen LogP contribution in [0.3, 0.4) is 0 Å². The first-order chi connectivity index (χ1) is 4.74. The molecule has 1 aromatic heterocycles. The van der Waals surface area contributed by atoms with Crippen LogP contribution in [0.25, 0.3) is 0 Å². The highest BCUT2D eigenvalue weighted by molar-refractivity contribution is 5.78. The Labute approximate surface area is 56.1 Å². The number of pyridine rings is 1. The molecule has 0 unspecified atom stereocenters. The van der Waals surface area contributed by atoms with Crippen molar-refractivity contribution in [1.29, 1.82) is 0 Å². The van der Waals surface area contributed by atoms with Gasteiger partial charge in [0.2, 0.25) is 5.56 Å². The van der Waals surface area contributed by atoms with Gasteiger partial charge in [0.1, 0.15) is 5.75 Å². The number of aromatic hydroxyl groups is 1. The minimum atomic E-state index is -0.403. The van der Waals surface area contributed by atoms with Gasteiger partial charge >= 0.3 is 0 Å². The van der Waals surface area contributed by atoms with E-state index in [1.165, 1.54) is 0 Å². The summed E-state index contributed by atoms with van der Waals surface area (Å²) in [5, 5.41) is 8.83. The highest BCUT2D eigenvalue weighted by atomic mass is 16.3. The third kappa shape index (κ3) is 1.05. The van der Waals surface area contributed by atoms with Gasteiger partial charge in [-0.05, 0) is 0 Å². The van der Waals surface area contributed by atoms with E-state index in [1.54, 1.807) is 0 Å². The second-order valence-corrected chi connectivity index (χ2v) is 1.76. The monoisotopic (exact) mass is 139 g/mol. The zero-order valence-corrected chi connectivity index (χ0v) is 5.00. The van der Waals surface area contributed by atoms with Gasteiger partial charge in [0.05, 0.1) is 5.56 Å². The molecule has 0 atom stereocenters. The molecule has 0 spiro atoms. The number of hydrogen-bond acceptors (Lipinski definition) is 3. The number of H-pyrrole nitrogens is 1. The van der Waals surface area contributed by atoms with Crippen molar-refractivity contribution in [2.24, 2.45) is 0 Å². The molecule has 0 aliphatic heterocycles. The Morgan fingerprint density at radius 3 is 2.80 bits per heavy atom. The Morgan fingerprint density at radius 1 is 1.60 bits per heavy atom. The fourth-order valence-electron chi connectivity index (χ4n) is 0.574. The topological polar surface area (TPSA) is 70.2 Å². The van der Waals surface area contributed by atoms with Crippen LogP contribution < -0.4 is 5.56 Å². The second-order valence-electron chi connectivity index (χ2n) is 1.76. The van der Waals surface area contributed by atoms with Crippen molar-refractivity contribution in [3.05, 3.63) is 28.2 Å². The van der Waals surface area contributed by atoms with Crippen molar-refractivity contribution in [2.75, 3.05) is 0 Å². The summed E-state index contributed by atoms with van der Waals surface area (Å²) in [6.07, 6.45) is 1.50. The van der Waals surface area contributed by atoms with Gasteiger partial charge in [0, 0.05) is 12.3 Å². The molecule has 0 saturated heterocycles. The van der Waals surface area contributed by atoms with Crippen LogP contribution in [0.5, 0.6) is 5.75 Å². The lowest BCUT2D eigenvalue weighted by Gasteiger charge is -1.91. The summed E-state index contributed by atoms with van der Waals surface area (Å²) in [4.78, 5) is 22.8. The largest absolute Gasteiger partial charge is 0.506 e. The molecule has 2 N–H and O–H groups in total. The quantitative estimate of drug-likeness (QED) is 0.533. The first-order valence-electron chi connectivity index (χ1n) is 2.61. The molecule has 4 heteroatoms. The van der Waals surface area contributed by atoms with E-state index < -0.39 is 5.56 Å². The van der Waals surface area contributed by atoms with Gasteiger partial charge in [-0.3, -0.25) is 9.59 Å². The number of aromatic nitrogens is 1. The highest BCUT2D eigenvalue weighted by Gasteiger charge is 1.97. The van der Waals surface area contributed by atoms with Gasteiger partial charge in [-0.2, -0.15) is 0 Å². The fourth-order valence-corrected chi connectivity index (χ4v) is 0.574. The second kappa shape index (κ2) is 2.34. The van der Waals surface area contributed by atoms with E-state index in [0.29, 0.717) is 6.29 Å². The molecule has 1 heterocycles. The average Bonchev–Trinajstić information content (AvgIpc) is 1.94. The maximum Gasteiger partial charge on any atom is 0.248 e. The first kappa shape index (κ1) is 6.54. The third-order valence-electron chi connectivity index (χ3n) is 1.06. The molecule has 1 aromatic rings. The van der Waals surface area contributed by atoms with E-state index >= 15 is 0 Å². The predicted octanol–water partition coefficient (Wildman–Crippen LogP) is -0.107. The number of carbonyl (C=O) groups is 1. The summed E-state index contributed by atoms with van der Waals surface area (Å²) in [5.41, 5.74) is -0.399. The zero-order chi connectivity index (χ0) is 7.56. The molecular weight excluding hydrogens is 134 g/mol. The standard InChI is InChI=1S/C6H5NO3/c8-3-4-1-6(10)7-2-5(4)9/h1-3,9H,(H,7,10). The third-order valence-corrected chi connectivity index (χ3v) is 1.06. The molecule has 0 aromatic carbocycles. The molecule has 0 aliphatic rings. The van der Waals surface area contributed by atoms with Crippen molar-refractivity contribution in [3.63, 3.8) is 0 Å². The summed E-state index contributed by atoms with van der Waals surface area (Å²) in [7, 11) is 0. The Hall–Kier alpha value is -1.58. The van der Waals surface area contributed by atoms with Gasteiger partial charge < -0.3 is 10.1 Å². The maximum absolute atomic E-state index is 10.5. The number of nitrogens with one attached hydrogen (secondary N) is 1. The summed E-state index contributed by atoms with van der Waals surface area (Å²) in [6.45, 7) is 0. The molecule has 4 nitrogen and oxygen atoms in total. The van der Waals surface area contributed by atoms with Gasteiger partial charge in [0.25, 0.3) is 0 Å². The van der Waals surface area contributed by atoms with E-state index in [0.717, 1.165) is 12.3 Å². The van der Waals surface area contributed by atoms with Gasteiger partial charge in [-0.1, -0.05) is 0 Å². The Balaban J connectivity index is 3.35. The lowest BCUT2D eigenvalue weighted by Crippen LogP contribution is -2.03. The molecule has 52 valence electrons. The summed E-state index contributed by atoms with van der Waals surface area (Å²) in [5.74, 6) is -0.213. The summed E-state index contributed by atoms with van der Waals surface area (Å²) in [6, 6.07) is 1.03. The summed E-state index contributed by atoms with van der Waals surface area (Å²) < 4.78 is 0. The average molecular weight is 139 g/mol. The van der Waals surface area contributed by atoms with Gasteiger partial charge in [0.15, 0.2) is 6.29 Å². The number of rotatable bonds is 1. The SMILES string of the molecule is O=Cc1cc(=O)[nH]cc1O. The smallest absolute Gasteiger partial charge is 0.248 e. The van der Waals surface area contributed by atoms with Crippen LogP contribution in [0.1, 0.15) is 10.4 Å². The van der Waals surface area contributed by atoms with E-state index in [1.807, 2.05) is 0 Å².